The van der Waals surface area contributed by atoms with Crippen LogP contribution in [0.15, 0.2) is 72.9 Å². The van der Waals surface area contributed by atoms with E-state index in [0.717, 1.165) is 41.8 Å². The molecule has 0 unspecified atom stereocenters. The average molecular weight is 389 g/mol. The van der Waals surface area contributed by atoms with Crippen LogP contribution in [0.3, 0.4) is 0 Å². The largest absolute Gasteiger partial charge is 0.325 e. The standard InChI is InChI=1S/C24H21ClN2O/c25-20-11-9-19(10-12-20)24(14-4-15-24)23(28)27-22-7-3-5-18(17-22)8-13-21-6-1-2-16-26-21/h1-3,5-13,16-17H,4,14-15H2,(H,27,28). The number of benzene rings is 2. The molecule has 1 amide bonds. The lowest BCUT2D eigenvalue weighted by Crippen LogP contribution is -2.46. The molecule has 3 aromatic rings. The average Bonchev–Trinajstić information content (AvgIpc) is 2.68. The maximum Gasteiger partial charge on any atom is 0.235 e. The molecule has 4 heteroatoms. The van der Waals surface area contributed by atoms with Gasteiger partial charge in [-0.3, -0.25) is 9.78 Å². The molecule has 1 aromatic heterocycles. The lowest BCUT2D eigenvalue weighted by Gasteiger charge is -2.40. The van der Waals surface area contributed by atoms with E-state index in [-0.39, 0.29) is 5.91 Å². The molecule has 1 aliphatic carbocycles. The van der Waals surface area contributed by atoms with Crippen LogP contribution in [0.1, 0.15) is 36.1 Å². The molecule has 0 bridgehead atoms. The molecule has 4 rings (SSSR count). The van der Waals surface area contributed by atoms with Crippen molar-refractivity contribution in [1.29, 1.82) is 0 Å². The highest BCUT2D eigenvalue weighted by molar-refractivity contribution is 6.30. The van der Waals surface area contributed by atoms with Crippen LogP contribution >= 0.6 is 11.6 Å². The molecule has 3 nitrogen and oxygen atoms in total. The Bertz CT molecular complexity index is 993. The van der Waals surface area contributed by atoms with Gasteiger partial charge in [0.2, 0.25) is 5.91 Å². The van der Waals surface area contributed by atoms with Crippen LogP contribution in [0.4, 0.5) is 5.69 Å². The van der Waals surface area contributed by atoms with Crippen molar-refractivity contribution in [2.24, 2.45) is 0 Å². The molecule has 0 spiro atoms. The lowest BCUT2D eigenvalue weighted by molar-refractivity contribution is -0.124. The Hall–Kier alpha value is -2.91. The minimum Gasteiger partial charge on any atom is -0.325 e. The maximum absolute atomic E-state index is 13.1. The summed E-state index contributed by atoms with van der Waals surface area (Å²) < 4.78 is 0. The summed E-state index contributed by atoms with van der Waals surface area (Å²) in [6.45, 7) is 0. The van der Waals surface area contributed by atoms with Crippen LogP contribution in [0.25, 0.3) is 12.2 Å². The number of amides is 1. The SMILES string of the molecule is O=C(Nc1cccc(C=Cc2ccccn2)c1)C1(c2ccc(Cl)cc2)CCC1. The van der Waals surface area contributed by atoms with Crippen molar-refractivity contribution >= 4 is 35.3 Å². The summed E-state index contributed by atoms with van der Waals surface area (Å²) in [6.07, 6.45) is 8.51. The van der Waals surface area contributed by atoms with Gasteiger partial charge in [0.25, 0.3) is 0 Å². The third-order valence-electron chi connectivity index (χ3n) is 5.32. The Kier molecular flexibility index (Phi) is 5.27. The van der Waals surface area contributed by atoms with Gasteiger partial charge < -0.3 is 5.32 Å². The van der Waals surface area contributed by atoms with Crippen molar-refractivity contribution < 1.29 is 4.79 Å². The zero-order valence-electron chi connectivity index (χ0n) is 15.4. The molecular weight excluding hydrogens is 368 g/mol. The summed E-state index contributed by atoms with van der Waals surface area (Å²) in [5, 5.41) is 3.80. The van der Waals surface area contributed by atoms with Crippen molar-refractivity contribution in [3.8, 4) is 0 Å². The molecule has 0 radical (unpaired) electrons. The van der Waals surface area contributed by atoms with Gasteiger partial charge in [0.1, 0.15) is 0 Å². The fourth-order valence-corrected chi connectivity index (χ4v) is 3.70. The van der Waals surface area contributed by atoms with E-state index in [1.165, 1.54) is 0 Å². The summed E-state index contributed by atoms with van der Waals surface area (Å²) in [5.74, 6) is 0.0481. The molecule has 0 aliphatic heterocycles. The summed E-state index contributed by atoms with van der Waals surface area (Å²) >= 11 is 6.01. The van der Waals surface area contributed by atoms with Crippen LogP contribution in [-0.4, -0.2) is 10.9 Å². The van der Waals surface area contributed by atoms with E-state index in [1.54, 1.807) is 6.20 Å². The van der Waals surface area contributed by atoms with Crippen molar-refractivity contribution in [2.75, 3.05) is 5.32 Å². The van der Waals surface area contributed by atoms with Gasteiger partial charge in [0, 0.05) is 16.9 Å². The fraction of sp³-hybridized carbons (Fsp3) is 0.167. The highest BCUT2D eigenvalue weighted by Crippen LogP contribution is 2.44. The molecule has 0 saturated heterocycles. The van der Waals surface area contributed by atoms with Gasteiger partial charge in [-0.2, -0.15) is 0 Å². The number of halogens is 1. The predicted octanol–water partition coefficient (Wildman–Crippen LogP) is 5.97. The summed E-state index contributed by atoms with van der Waals surface area (Å²) in [7, 11) is 0. The number of rotatable bonds is 5. The molecule has 1 N–H and O–H groups in total. The third-order valence-corrected chi connectivity index (χ3v) is 5.57. The lowest BCUT2D eigenvalue weighted by atomic mass is 9.64. The minimum atomic E-state index is -0.454. The third kappa shape index (κ3) is 3.85. The first kappa shape index (κ1) is 18.5. The van der Waals surface area contributed by atoms with E-state index in [9.17, 15) is 4.79 Å². The molecule has 1 saturated carbocycles. The number of hydrogen-bond acceptors (Lipinski definition) is 2. The number of anilines is 1. The second-order valence-corrected chi connectivity index (χ2v) is 7.55. The Morgan fingerprint density at radius 2 is 1.82 bits per heavy atom. The molecule has 2 aromatic carbocycles. The number of hydrogen-bond donors (Lipinski definition) is 1. The molecule has 1 heterocycles. The number of pyridine rings is 1. The van der Waals surface area contributed by atoms with Gasteiger partial charge in [0.05, 0.1) is 11.1 Å². The monoisotopic (exact) mass is 388 g/mol. The first-order valence-electron chi connectivity index (χ1n) is 9.42. The molecule has 0 atom stereocenters. The molecule has 28 heavy (non-hydrogen) atoms. The van der Waals surface area contributed by atoms with Gasteiger partial charge >= 0.3 is 0 Å². The van der Waals surface area contributed by atoms with Crippen LogP contribution in [0.5, 0.6) is 0 Å². The summed E-state index contributed by atoms with van der Waals surface area (Å²) in [6, 6.07) is 21.3. The number of carbonyl (C=O) groups is 1. The van der Waals surface area contributed by atoms with E-state index >= 15 is 0 Å². The minimum absolute atomic E-state index is 0.0481. The second-order valence-electron chi connectivity index (χ2n) is 7.11. The van der Waals surface area contributed by atoms with Crippen LogP contribution in [0, 0.1) is 0 Å². The molecule has 1 fully saturated rings. The summed E-state index contributed by atoms with van der Waals surface area (Å²) in [5.41, 5.74) is 3.29. The van der Waals surface area contributed by atoms with Crippen LogP contribution in [0.2, 0.25) is 5.02 Å². The van der Waals surface area contributed by atoms with Crippen molar-refractivity contribution in [3.63, 3.8) is 0 Å². The zero-order valence-corrected chi connectivity index (χ0v) is 16.2. The van der Waals surface area contributed by atoms with E-state index < -0.39 is 5.41 Å². The van der Waals surface area contributed by atoms with Crippen LogP contribution in [-0.2, 0) is 10.2 Å². The Labute approximate surface area is 170 Å². The number of nitrogens with one attached hydrogen (secondary N) is 1. The van der Waals surface area contributed by atoms with Crippen LogP contribution < -0.4 is 5.32 Å². The topological polar surface area (TPSA) is 42.0 Å². The Morgan fingerprint density at radius 3 is 2.50 bits per heavy atom. The highest BCUT2D eigenvalue weighted by Gasteiger charge is 2.45. The summed E-state index contributed by atoms with van der Waals surface area (Å²) in [4.78, 5) is 17.4. The fourth-order valence-electron chi connectivity index (χ4n) is 3.57. The first-order valence-corrected chi connectivity index (χ1v) is 9.80. The smallest absolute Gasteiger partial charge is 0.235 e. The van der Waals surface area contributed by atoms with E-state index in [0.29, 0.717) is 5.02 Å². The van der Waals surface area contributed by atoms with E-state index in [1.807, 2.05) is 78.9 Å². The van der Waals surface area contributed by atoms with Crippen molar-refractivity contribution in [1.82, 2.24) is 4.98 Å². The maximum atomic E-state index is 13.1. The first-order chi connectivity index (χ1) is 13.7. The van der Waals surface area contributed by atoms with Crippen molar-refractivity contribution in [3.05, 3.63) is 94.8 Å². The number of nitrogens with zero attached hydrogens (tertiary/aromatic N) is 1. The Morgan fingerprint density at radius 1 is 1.00 bits per heavy atom. The second kappa shape index (κ2) is 7.99. The molecular formula is C24H21ClN2O. The number of carbonyl (C=O) groups excluding carboxylic acids is 1. The molecule has 1 aliphatic rings. The van der Waals surface area contributed by atoms with Gasteiger partial charge in [0.15, 0.2) is 0 Å². The quantitative estimate of drug-likeness (QED) is 0.585. The normalized spacial score (nSPS) is 15.2. The van der Waals surface area contributed by atoms with E-state index in [2.05, 4.69) is 10.3 Å². The number of aromatic nitrogens is 1. The van der Waals surface area contributed by atoms with Gasteiger partial charge in [-0.15, -0.1) is 0 Å². The van der Waals surface area contributed by atoms with Crippen molar-refractivity contribution in [2.45, 2.75) is 24.7 Å². The van der Waals surface area contributed by atoms with Gasteiger partial charge in [-0.05, 0) is 66.4 Å². The molecule has 140 valence electrons. The van der Waals surface area contributed by atoms with E-state index in [4.69, 9.17) is 11.6 Å². The Balaban J connectivity index is 1.51. The zero-order chi connectivity index (χ0) is 19.4. The highest BCUT2D eigenvalue weighted by atomic mass is 35.5. The predicted molar refractivity (Wildman–Crippen MR) is 115 cm³/mol. The van der Waals surface area contributed by atoms with Gasteiger partial charge in [-0.1, -0.05) is 54.4 Å². The van der Waals surface area contributed by atoms with Gasteiger partial charge in [-0.25, -0.2) is 0 Å².